The molecule has 10 heteroatoms. The molecule has 0 spiro atoms. The van der Waals surface area contributed by atoms with Gasteiger partial charge < -0.3 is 20.3 Å². The van der Waals surface area contributed by atoms with E-state index in [-0.39, 0.29) is 0 Å². The van der Waals surface area contributed by atoms with Crippen LogP contribution in [0.5, 0.6) is 5.75 Å². The van der Waals surface area contributed by atoms with Gasteiger partial charge in [0, 0.05) is 18.3 Å². The number of anilines is 3. The van der Waals surface area contributed by atoms with E-state index in [2.05, 4.69) is 36.0 Å². The molecule has 174 valence electrons. The zero-order valence-electron chi connectivity index (χ0n) is 19.2. The number of rotatable bonds is 7. The number of tetrazole rings is 1. The Bertz CT molecular complexity index is 1070. The molecule has 10 nitrogen and oxygen atoms in total. The highest BCUT2D eigenvalue weighted by Gasteiger charge is 2.32. The first kappa shape index (κ1) is 21.6. The first-order valence-electron chi connectivity index (χ1n) is 11.7. The van der Waals surface area contributed by atoms with Gasteiger partial charge in [0.05, 0.1) is 19.0 Å². The van der Waals surface area contributed by atoms with Crippen molar-refractivity contribution in [1.82, 2.24) is 35.1 Å². The minimum Gasteiger partial charge on any atom is -0.491 e. The summed E-state index contributed by atoms with van der Waals surface area (Å²) < 4.78 is 7.17. The van der Waals surface area contributed by atoms with E-state index in [0.29, 0.717) is 23.7 Å². The molecule has 5 rings (SSSR count). The molecule has 3 aromatic rings. The maximum Gasteiger partial charge on any atom is 0.229 e. The summed E-state index contributed by atoms with van der Waals surface area (Å²) in [6.45, 7) is 5.40. The van der Waals surface area contributed by atoms with Gasteiger partial charge in [-0.05, 0) is 79.7 Å². The third-order valence-corrected chi connectivity index (χ3v) is 6.80. The minimum absolute atomic E-state index is 0.507. The molecule has 1 aromatic carbocycles. The predicted octanol–water partition coefficient (Wildman–Crippen LogP) is 3.19. The highest BCUT2D eigenvalue weighted by Crippen LogP contribution is 2.32. The van der Waals surface area contributed by atoms with Crippen LogP contribution in [0, 0.1) is 12.8 Å². The molecule has 2 atom stereocenters. The van der Waals surface area contributed by atoms with Crippen molar-refractivity contribution in [2.45, 2.75) is 45.1 Å². The second kappa shape index (κ2) is 9.70. The largest absolute Gasteiger partial charge is 0.491 e. The lowest BCUT2D eigenvalue weighted by molar-refractivity contribution is 0.0649. The van der Waals surface area contributed by atoms with Crippen molar-refractivity contribution >= 4 is 17.5 Å². The zero-order valence-corrected chi connectivity index (χ0v) is 19.2. The first-order valence-corrected chi connectivity index (χ1v) is 11.7. The van der Waals surface area contributed by atoms with Gasteiger partial charge in [0.25, 0.3) is 0 Å². The Labute approximate surface area is 193 Å². The van der Waals surface area contributed by atoms with E-state index in [1.54, 1.807) is 24.3 Å². The van der Waals surface area contributed by atoms with E-state index in [4.69, 9.17) is 9.72 Å². The Hall–Kier alpha value is -3.27. The van der Waals surface area contributed by atoms with Gasteiger partial charge in [-0.25, -0.2) is 9.67 Å². The van der Waals surface area contributed by atoms with Gasteiger partial charge in [-0.15, -0.1) is 5.10 Å². The van der Waals surface area contributed by atoms with Crippen molar-refractivity contribution in [2.75, 3.05) is 37.4 Å². The van der Waals surface area contributed by atoms with Gasteiger partial charge in [-0.1, -0.05) is 12.5 Å². The van der Waals surface area contributed by atoms with Crippen LogP contribution in [0.3, 0.4) is 0 Å². The molecule has 0 amide bonds. The van der Waals surface area contributed by atoms with Gasteiger partial charge in [0.2, 0.25) is 5.95 Å². The van der Waals surface area contributed by atoms with E-state index < -0.39 is 0 Å². The van der Waals surface area contributed by atoms with Crippen molar-refractivity contribution in [3.8, 4) is 11.4 Å². The normalized spacial score (nSPS) is 20.8. The second-order valence-electron chi connectivity index (χ2n) is 8.87. The Morgan fingerprint density at radius 1 is 1.15 bits per heavy atom. The fraction of sp³-hybridized carbons (Fsp3) is 0.522. The molecule has 33 heavy (non-hydrogen) atoms. The highest BCUT2D eigenvalue weighted by atomic mass is 16.5. The van der Waals surface area contributed by atoms with E-state index in [0.717, 1.165) is 29.3 Å². The number of aryl methyl sites for hydroxylation is 1. The fourth-order valence-corrected chi connectivity index (χ4v) is 5.08. The molecule has 0 saturated carbocycles. The summed E-state index contributed by atoms with van der Waals surface area (Å²) >= 11 is 0. The van der Waals surface area contributed by atoms with Gasteiger partial charge in [0.15, 0.2) is 11.6 Å². The average molecular weight is 450 g/mol. The molecule has 0 unspecified atom stereocenters. The standard InChI is InChI=1S/C23H31N9O/c1-16-8-9-18(12-20(16)32-15-26-29-30-32)27-23-25-14-21(33-2)22(28-23)24-13-17-6-5-11-31-10-4-3-7-19(17)31/h8-9,12,14-15,17,19H,3-7,10-11,13H2,1-2H3,(H2,24,25,27,28)/t17-,19+/m0/s1. The summed E-state index contributed by atoms with van der Waals surface area (Å²) in [6.07, 6.45) is 9.80. The smallest absolute Gasteiger partial charge is 0.229 e. The van der Waals surface area contributed by atoms with Gasteiger partial charge in [-0.2, -0.15) is 4.98 Å². The SMILES string of the molecule is COc1cnc(Nc2ccc(C)c(-n3cnnn3)c2)nc1NC[C@@H]1CCCN2CCCC[C@H]12. The highest BCUT2D eigenvalue weighted by molar-refractivity contribution is 5.61. The lowest BCUT2D eigenvalue weighted by Gasteiger charge is -2.44. The maximum atomic E-state index is 5.53. The summed E-state index contributed by atoms with van der Waals surface area (Å²) in [7, 11) is 1.65. The Balaban J connectivity index is 1.31. The maximum absolute atomic E-state index is 5.53. The molecular formula is C23H31N9O. The van der Waals surface area contributed by atoms with Crippen LogP contribution in [0.15, 0.2) is 30.7 Å². The zero-order chi connectivity index (χ0) is 22.6. The topological polar surface area (TPSA) is 106 Å². The van der Waals surface area contributed by atoms with Gasteiger partial charge in [-0.3, -0.25) is 0 Å². The van der Waals surface area contributed by atoms with Crippen LogP contribution in [-0.4, -0.2) is 67.9 Å². The summed E-state index contributed by atoms with van der Waals surface area (Å²) in [5.74, 6) is 2.50. The third kappa shape index (κ3) is 4.75. The molecule has 2 aliphatic heterocycles. The van der Waals surface area contributed by atoms with Crippen LogP contribution in [0.25, 0.3) is 5.69 Å². The summed E-state index contributed by atoms with van der Waals surface area (Å²) in [4.78, 5) is 11.8. The minimum atomic E-state index is 0.507. The predicted molar refractivity (Wildman–Crippen MR) is 126 cm³/mol. The molecule has 2 N–H and O–H groups in total. The second-order valence-corrected chi connectivity index (χ2v) is 8.87. The van der Waals surface area contributed by atoms with Crippen molar-refractivity contribution in [3.05, 3.63) is 36.3 Å². The Kier molecular flexibility index (Phi) is 6.34. The van der Waals surface area contributed by atoms with Gasteiger partial charge >= 0.3 is 0 Å². The van der Waals surface area contributed by atoms with Crippen LogP contribution in [0.4, 0.5) is 17.5 Å². The van der Waals surface area contributed by atoms with Crippen LogP contribution in [0.2, 0.25) is 0 Å². The van der Waals surface area contributed by atoms with Crippen molar-refractivity contribution < 1.29 is 4.74 Å². The van der Waals surface area contributed by atoms with Crippen LogP contribution in [-0.2, 0) is 0 Å². The number of nitrogens with one attached hydrogen (secondary N) is 2. The molecule has 0 bridgehead atoms. The van der Waals surface area contributed by atoms with Crippen molar-refractivity contribution in [1.29, 1.82) is 0 Å². The van der Waals surface area contributed by atoms with Crippen molar-refractivity contribution in [3.63, 3.8) is 0 Å². The molecule has 2 aliphatic rings. The average Bonchev–Trinajstić information content (AvgIpc) is 3.39. The van der Waals surface area contributed by atoms with E-state index in [1.807, 2.05) is 25.1 Å². The number of hydrogen-bond donors (Lipinski definition) is 2. The number of aromatic nitrogens is 6. The fourth-order valence-electron chi connectivity index (χ4n) is 5.08. The molecule has 0 radical (unpaired) electrons. The molecule has 2 aromatic heterocycles. The van der Waals surface area contributed by atoms with Crippen molar-refractivity contribution in [2.24, 2.45) is 5.92 Å². The number of hydrogen-bond acceptors (Lipinski definition) is 9. The number of methoxy groups -OCH3 is 1. The lowest BCUT2D eigenvalue weighted by Crippen LogP contribution is -2.49. The molecule has 0 aliphatic carbocycles. The number of piperidine rings is 2. The quantitative estimate of drug-likeness (QED) is 0.562. The van der Waals surface area contributed by atoms with Gasteiger partial charge in [0.1, 0.15) is 6.33 Å². The van der Waals surface area contributed by atoms with E-state index >= 15 is 0 Å². The number of nitrogens with zero attached hydrogens (tertiary/aromatic N) is 7. The number of ether oxygens (including phenoxy) is 1. The number of benzene rings is 1. The van der Waals surface area contributed by atoms with Crippen LogP contribution >= 0.6 is 0 Å². The molecule has 4 heterocycles. The van der Waals surface area contributed by atoms with Crippen LogP contribution in [0.1, 0.15) is 37.7 Å². The van der Waals surface area contributed by atoms with E-state index in [9.17, 15) is 0 Å². The summed E-state index contributed by atoms with van der Waals surface area (Å²) in [6, 6.07) is 6.67. The first-order chi connectivity index (χ1) is 16.2. The Morgan fingerprint density at radius 3 is 2.91 bits per heavy atom. The molecular weight excluding hydrogens is 418 g/mol. The Morgan fingerprint density at radius 2 is 2.06 bits per heavy atom. The summed E-state index contributed by atoms with van der Waals surface area (Å²) in [5, 5.41) is 18.3. The van der Waals surface area contributed by atoms with E-state index in [1.165, 1.54) is 45.2 Å². The van der Waals surface area contributed by atoms with Crippen LogP contribution < -0.4 is 15.4 Å². The molecule has 2 fully saturated rings. The summed E-state index contributed by atoms with van der Waals surface area (Å²) in [5.41, 5.74) is 2.81. The lowest BCUT2D eigenvalue weighted by atomic mass is 9.83. The third-order valence-electron chi connectivity index (χ3n) is 6.80. The number of fused-ring (bicyclic) bond motifs is 1. The monoisotopic (exact) mass is 449 g/mol. The molecule has 2 saturated heterocycles.